The SMILES string of the molecule is CC1(C)C[C@@H](C(=O)N[C@H](C=O)C[C@@H]2CCNC2=O)N(C(=O)c2cc3c(F)cccc3[nH]2)C1. The Kier molecular flexibility index (Phi) is 5.75. The van der Waals surface area contributed by atoms with E-state index in [1.165, 1.54) is 17.0 Å². The van der Waals surface area contributed by atoms with Gasteiger partial charge in [-0.25, -0.2) is 4.39 Å². The van der Waals surface area contributed by atoms with E-state index in [9.17, 15) is 23.6 Å². The van der Waals surface area contributed by atoms with Crippen LogP contribution in [0.3, 0.4) is 0 Å². The maximum absolute atomic E-state index is 14.1. The van der Waals surface area contributed by atoms with Crippen LogP contribution in [0.15, 0.2) is 24.3 Å². The van der Waals surface area contributed by atoms with Crippen molar-refractivity contribution in [2.75, 3.05) is 13.1 Å². The number of rotatable bonds is 6. The molecule has 1 aromatic carbocycles. The van der Waals surface area contributed by atoms with Gasteiger partial charge >= 0.3 is 0 Å². The van der Waals surface area contributed by atoms with Crippen molar-refractivity contribution in [1.29, 1.82) is 0 Å². The molecule has 0 unspecified atom stereocenters. The average Bonchev–Trinajstić information content (AvgIpc) is 3.44. The molecule has 2 aliphatic rings. The Morgan fingerprint density at radius 1 is 1.38 bits per heavy atom. The van der Waals surface area contributed by atoms with E-state index in [2.05, 4.69) is 15.6 Å². The number of hydrogen-bond donors (Lipinski definition) is 3. The first-order valence-electron chi connectivity index (χ1n) is 10.8. The van der Waals surface area contributed by atoms with Crippen LogP contribution in [0.25, 0.3) is 10.9 Å². The van der Waals surface area contributed by atoms with Crippen molar-refractivity contribution in [1.82, 2.24) is 20.5 Å². The lowest BCUT2D eigenvalue weighted by molar-refractivity contribution is -0.128. The summed E-state index contributed by atoms with van der Waals surface area (Å²) in [6, 6.07) is 4.44. The fourth-order valence-corrected chi connectivity index (χ4v) is 4.71. The number of benzene rings is 1. The molecule has 3 heterocycles. The molecular weight excluding hydrogens is 415 g/mol. The Hall–Kier alpha value is -3.23. The monoisotopic (exact) mass is 442 g/mol. The van der Waals surface area contributed by atoms with Gasteiger partial charge in [-0.15, -0.1) is 0 Å². The van der Waals surface area contributed by atoms with E-state index in [1.54, 1.807) is 12.1 Å². The Balaban J connectivity index is 1.52. The molecule has 3 N–H and O–H groups in total. The number of aromatic amines is 1. The molecular formula is C23H27FN4O4. The van der Waals surface area contributed by atoms with Gasteiger partial charge in [-0.1, -0.05) is 19.9 Å². The van der Waals surface area contributed by atoms with Gasteiger partial charge in [0.15, 0.2) is 0 Å². The van der Waals surface area contributed by atoms with E-state index in [-0.39, 0.29) is 29.4 Å². The van der Waals surface area contributed by atoms with E-state index in [4.69, 9.17) is 0 Å². The van der Waals surface area contributed by atoms with Gasteiger partial charge in [-0.05, 0) is 42.9 Å². The van der Waals surface area contributed by atoms with E-state index in [1.807, 2.05) is 13.8 Å². The van der Waals surface area contributed by atoms with Gasteiger partial charge in [-0.2, -0.15) is 0 Å². The van der Waals surface area contributed by atoms with Gasteiger partial charge in [0.05, 0.1) is 6.04 Å². The Morgan fingerprint density at radius 2 is 2.16 bits per heavy atom. The second-order valence-electron chi connectivity index (χ2n) is 9.46. The highest BCUT2D eigenvalue weighted by Crippen LogP contribution is 2.35. The summed E-state index contributed by atoms with van der Waals surface area (Å²) in [5.41, 5.74) is 0.399. The highest BCUT2D eigenvalue weighted by molar-refractivity contribution is 6.01. The van der Waals surface area contributed by atoms with Crippen molar-refractivity contribution in [3.63, 3.8) is 0 Å². The molecule has 3 atom stereocenters. The molecule has 1 aromatic heterocycles. The molecule has 3 amide bonds. The first-order chi connectivity index (χ1) is 15.2. The molecule has 2 fully saturated rings. The van der Waals surface area contributed by atoms with Crippen molar-refractivity contribution in [2.24, 2.45) is 11.3 Å². The van der Waals surface area contributed by atoms with Crippen molar-refractivity contribution in [3.8, 4) is 0 Å². The number of fused-ring (bicyclic) bond motifs is 1. The van der Waals surface area contributed by atoms with Crippen molar-refractivity contribution >= 4 is 34.9 Å². The summed E-state index contributed by atoms with van der Waals surface area (Å²) in [7, 11) is 0. The largest absolute Gasteiger partial charge is 0.356 e. The Morgan fingerprint density at radius 3 is 2.81 bits per heavy atom. The summed E-state index contributed by atoms with van der Waals surface area (Å²) < 4.78 is 14.1. The molecule has 8 nitrogen and oxygen atoms in total. The number of halogens is 1. The summed E-state index contributed by atoms with van der Waals surface area (Å²) in [5.74, 6) is -1.69. The number of aldehydes is 1. The van der Waals surface area contributed by atoms with Crippen LogP contribution in [-0.2, 0) is 14.4 Å². The van der Waals surface area contributed by atoms with E-state index in [0.29, 0.717) is 43.1 Å². The fraction of sp³-hybridized carbons (Fsp3) is 0.478. The summed E-state index contributed by atoms with van der Waals surface area (Å²) >= 11 is 0. The molecule has 0 saturated carbocycles. The minimum Gasteiger partial charge on any atom is -0.356 e. The molecule has 170 valence electrons. The normalized spacial score (nSPS) is 23.2. The third-order valence-electron chi connectivity index (χ3n) is 6.32. The first kappa shape index (κ1) is 22.0. The third-order valence-corrected chi connectivity index (χ3v) is 6.32. The van der Waals surface area contributed by atoms with Gasteiger partial charge in [-0.3, -0.25) is 14.4 Å². The molecule has 0 bridgehead atoms. The molecule has 32 heavy (non-hydrogen) atoms. The molecule has 0 aliphatic carbocycles. The lowest BCUT2D eigenvalue weighted by atomic mass is 9.90. The lowest BCUT2D eigenvalue weighted by Crippen LogP contribution is -2.49. The maximum atomic E-state index is 14.1. The molecule has 2 aliphatic heterocycles. The van der Waals surface area contributed by atoms with Gasteiger partial charge in [0, 0.05) is 29.9 Å². The minimum absolute atomic E-state index is 0.115. The van der Waals surface area contributed by atoms with Crippen LogP contribution < -0.4 is 10.6 Å². The summed E-state index contributed by atoms with van der Waals surface area (Å²) in [6.07, 6.45) is 1.91. The van der Waals surface area contributed by atoms with Crippen LogP contribution in [0, 0.1) is 17.2 Å². The molecule has 0 spiro atoms. The standard InChI is InChI=1S/C23H27FN4O4/c1-23(2)10-19(21(31)26-14(11-29)8-13-6-7-25-20(13)30)28(12-23)22(32)18-9-15-16(24)4-3-5-17(15)27-18/h3-5,9,11,13-14,19,27H,6-8,10,12H2,1-2H3,(H,25,30)(H,26,31)/t13-,14-,19-/m0/s1. The Bertz CT molecular complexity index is 1080. The zero-order valence-corrected chi connectivity index (χ0v) is 18.1. The number of amides is 3. The smallest absolute Gasteiger partial charge is 0.271 e. The van der Waals surface area contributed by atoms with Gasteiger partial charge in [0.2, 0.25) is 11.8 Å². The highest BCUT2D eigenvalue weighted by atomic mass is 19.1. The number of nitrogens with one attached hydrogen (secondary N) is 3. The zero-order valence-electron chi connectivity index (χ0n) is 18.1. The molecule has 2 saturated heterocycles. The predicted octanol–water partition coefficient (Wildman–Crippen LogP) is 1.76. The van der Waals surface area contributed by atoms with Crippen LogP contribution in [0.2, 0.25) is 0 Å². The number of likely N-dealkylation sites (tertiary alicyclic amines) is 1. The van der Waals surface area contributed by atoms with Crippen LogP contribution in [0.5, 0.6) is 0 Å². The number of carbonyl (C=O) groups is 4. The number of nitrogens with zero attached hydrogens (tertiary/aromatic N) is 1. The minimum atomic E-state index is -0.806. The van der Waals surface area contributed by atoms with Crippen LogP contribution in [0.4, 0.5) is 4.39 Å². The van der Waals surface area contributed by atoms with E-state index in [0.717, 1.165) is 0 Å². The summed E-state index contributed by atoms with van der Waals surface area (Å²) in [6.45, 7) is 4.84. The average molecular weight is 442 g/mol. The fourth-order valence-electron chi connectivity index (χ4n) is 4.71. The number of carbonyl (C=O) groups excluding carboxylic acids is 4. The summed E-state index contributed by atoms with van der Waals surface area (Å²) in [5, 5.41) is 5.75. The zero-order chi connectivity index (χ0) is 23.0. The predicted molar refractivity (Wildman–Crippen MR) is 115 cm³/mol. The molecule has 4 rings (SSSR count). The number of hydrogen-bond acceptors (Lipinski definition) is 4. The maximum Gasteiger partial charge on any atom is 0.271 e. The second kappa shape index (κ2) is 8.37. The van der Waals surface area contributed by atoms with Crippen molar-refractivity contribution in [3.05, 3.63) is 35.8 Å². The van der Waals surface area contributed by atoms with Crippen LogP contribution in [0.1, 0.15) is 43.6 Å². The molecule has 9 heteroatoms. The van der Waals surface area contributed by atoms with Gasteiger partial charge in [0.25, 0.3) is 5.91 Å². The highest BCUT2D eigenvalue weighted by Gasteiger charge is 2.44. The number of aromatic nitrogens is 1. The Labute approximate surface area is 184 Å². The third kappa shape index (κ3) is 4.24. The number of H-pyrrole nitrogens is 1. The lowest BCUT2D eigenvalue weighted by Gasteiger charge is -2.25. The van der Waals surface area contributed by atoms with Crippen LogP contribution >= 0.6 is 0 Å². The van der Waals surface area contributed by atoms with Crippen molar-refractivity contribution in [2.45, 2.75) is 45.2 Å². The van der Waals surface area contributed by atoms with E-state index < -0.39 is 29.7 Å². The van der Waals surface area contributed by atoms with E-state index >= 15 is 0 Å². The quantitative estimate of drug-likeness (QED) is 0.592. The van der Waals surface area contributed by atoms with Gasteiger partial charge in [0.1, 0.15) is 23.8 Å². The van der Waals surface area contributed by atoms with Gasteiger partial charge < -0.3 is 25.3 Å². The first-order valence-corrected chi connectivity index (χ1v) is 10.8. The topological polar surface area (TPSA) is 111 Å². The molecule has 2 aromatic rings. The second-order valence-corrected chi connectivity index (χ2v) is 9.46. The summed E-state index contributed by atoms with van der Waals surface area (Å²) in [4.78, 5) is 54.2. The van der Waals surface area contributed by atoms with Crippen molar-refractivity contribution < 1.29 is 23.6 Å². The van der Waals surface area contributed by atoms with Crippen LogP contribution in [-0.4, -0.2) is 59.1 Å². The molecule has 0 radical (unpaired) electrons.